The van der Waals surface area contributed by atoms with Crippen LogP contribution < -0.4 is 5.32 Å². The zero-order valence-corrected chi connectivity index (χ0v) is 15.6. The van der Waals surface area contributed by atoms with Gasteiger partial charge in [-0.15, -0.1) is 0 Å². The van der Waals surface area contributed by atoms with E-state index in [4.69, 9.17) is 0 Å². The number of benzene rings is 2. The number of aromatic nitrogens is 4. The number of fused-ring (bicyclic) bond motifs is 1. The van der Waals surface area contributed by atoms with Gasteiger partial charge in [-0.2, -0.15) is 5.10 Å². The summed E-state index contributed by atoms with van der Waals surface area (Å²) in [6.07, 6.45) is 2.35. The van der Waals surface area contributed by atoms with Crippen molar-refractivity contribution in [1.29, 1.82) is 0 Å². The third kappa shape index (κ3) is 2.97. The number of nitrogens with zero attached hydrogens (tertiary/aromatic N) is 3. The molecule has 6 heteroatoms. The van der Waals surface area contributed by atoms with Crippen LogP contribution in [0.15, 0.2) is 54.6 Å². The highest BCUT2D eigenvalue weighted by atomic mass is 16.1. The quantitative estimate of drug-likeness (QED) is 0.539. The van der Waals surface area contributed by atoms with Gasteiger partial charge in [0.15, 0.2) is 5.82 Å². The Hall–Kier alpha value is -3.41. The second kappa shape index (κ2) is 6.64. The molecule has 28 heavy (non-hydrogen) atoms. The molecule has 1 fully saturated rings. The van der Waals surface area contributed by atoms with E-state index in [1.165, 1.54) is 12.8 Å². The van der Waals surface area contributed by atoms with Gasteiger partial charge in [-0.1, -0.05) is 30.3 Å². The monoisotopic (exact) mass is 371 g/mol. The molecular formula is C22H21N5O. The lowest BCUT2D eigenvalue weighted by Crippen LogP contribution is -2.16. The molecule has 1 aliphatic rings. The molecule has 0 saturated heterocycles. The molecule has 0 spiro atoms. The van der Waals surface area contributed by atoms with Gasteiger partial charge in [-0.25, -0.2) is 4.98 Å². The Morgan fingerprint density at radius 1 is 1.18 bits per heavy atom. The number of para-hydroxylation sites is 1. The number of carbonyl (C=O) groups excluding carboxylic acids is 1. The first-order valence-corrected chi connectivity index (χ1v) is 9.65. The highest BCUT2D eigenvalue weighted by Crippen LogP contribution is 2.38. The maximum absolute atomic E-state index is 12.9. The summed E-state index contributed by atoms with van der Waals surface area (Å²) in [5.41, 5.74) is 3.34. The van der Waals surface area contributed by atoms with Crippen LogP contribution in [-0.2, 0) is 6.54 Å². The van der Waals surface area contributed by atoms with Crippen LogP contribution in [0.1, 0.15) is 42.0 Å². The number of hydrogen-bond donors (Lipinski definition) is 2. The van der Waals surface area contributed by atoms with Crippen molar-refractivity contribution in [3.63, 3.8) is 0 Å². The van der Waals surface area contributed by atoms with E-state index in [9.17, 15) is 4.79 Å². The molecule has 2 aromatic heterocycles. The van der Waals surface area contributed by atoms with Crippen molar-refractivity contribution >= 4 is 22.5 Å². The lowest BCUT2D eigenvalue weighted by atomic mass is 10.2. The molecule has 0 radical (unpaired) electrons. The first kappa shape index (κ1) is 16.7. The van der Waals surface area contributed by atoms with Crippen LogP contribution in [0.5, 0.6) is 0 Å². The fourth-order valence-electron chi connectivity index (χ4n) is 3.61. The van der Waals surface area contributed by atoms with E-state index in [2.05, 4.69) is 20.5 Å². The SMILES string of the molecule is CCn1c(C(=O)Nc2cccc(-c3n[nH]c(C4CC4)n3)c2)cc2ccccc21. The first-order valence-electron chi connectivity index (χ1n) is 9.65. The number of hydrogen-bond acceptors (Lipinski definition) is 3. The molecule has 0 aliphatic heterocycles. The first-order chi connectivity index (χ1) is 13.7. The second-order valence-corrected chi connectivity index (χ2v) is 7.19. The third-order valence-electron chi connectivity index (χ3n) is 5.20. The van der Waals surface area contributed by atoms with Crippen molar-refractivity contribution < 1.29 is 4.79 Å². The number of anilines is 1. The summed E-state index contributed by atoms with van der Waals surface area (Å²) in [4.78, 5) is 17.5. The Morgan fingerprint density at radius 3 is 2.86 bits per heavy atom. The van der Waals surface area contributed by atoms with Crippen LogP contribution in [0, 0.1) is 0 Å². The van der Waals surface area contributed by atoms with Gasteiger partial charge in [0.1, 0.15) is 11.5 Å². The van der Waals surface area contributed by atoms with Gasteiger partial charge in [0.2, 0.25) is 0 Å². The molecule has 1 aliphatic carbocycles. The maximum Gasteiger partial charge on any atom is 0.272 e. The van der Waals surface area contributed by atoms with Gasteiger partial charge >= 0.3 is 0 Å². The number of amides is 1. The summed E-state index contributed by atoms with van der Waals surface area (Å²) in [5.74, 6) is 2.03. The molecule has 0 atom stereocenters. The molecule has 2 N–H and O–H groups in total. The zero-order chi connectivity index (χ0) is 19.1. The number of H-pyrrole nitrogens is 1. The number of rotatable bonds is 5. The number of aryl methyl sites for hydroxylation is 1. The minimum absolute atomic E-state index is 0.121. The lowest BCUT2D eigenvalue weighted by Gasteiger charge is -2.09. The molecule has 2 heterocycles. The van der Waals surface area contributed by atoms with Crippen molar-refractivity contribution in [3.05, 3.63) is 66.1 Å². The van der Waals surface area contributed by atoms with Crippen LogP contribution in [0.2, 0.25) is 0 Å². The molecule has 140 valence electrons. The molecule has 6 nitrogen and oxygen atoms in total. The highest BCUT2D eigenvalue weighted by molar-refractivity contribution is 6.06. The van der Waals surface area contributed by atoms with Crippen molar-refractivity contribution in [2.24, 2.45) is 0 Å². The number of carbonyl (C=O) groups is 1. The average molecular weight is 371 g/mol. The van der Waals surface area contributed by atoms with E-state index < -0.39 is 0 Å². The van der Waals surface area contributed by atoms with Crippen molar-refractivity contribution in [2.75, 3.05) is 5.32 Å². The van der Waals surface area contributed by atoms with Crippen LogP contribution in [0.4, 0.5) is 5.69 Å². The van der Waals surface area contributed by atoms with Gasteiger partial charge in [0.25, 0.3) is 5.91 Å². The Balaban J connectivity index is 1.42. The molecular weight excluding hydrogens is 350 g/mol. The van der Waals surface area contributed by atoms with Gasteiger partial charge in [0.05, 0.1) is 0 Å². The van der Waals surface area contributed by atoms with Gasteiger partial charge in [-0.3, -0.25) is 9.89 Å². The Kier molecular flexibility index (Phi) is 3.97. The predicted molar refractivity (Wildman–Crippen MR) is 109 cm³/mol. The van der Waals surface area contributed by atoms with Crippen molar-refractivity contribution in [3.8, 4) is 11.4 Å². The summed E-state index contributed by atoms with van der Waals surface area (Å²) in [6.45, 7) is 2.78. The standard InChI is InChI=1S/C22H21N5O/c1-2-27-18-9-4-3-6-15(18)13-19(27)22(28)23-17-8-5-7-16(12-17)21-24-20(25-26-21)14-10-11-14/h3-9,12-14H,2,10-11H2,1H3,(H,23,28)(H,24,25,26). The summed E-state index contributed by atoms with van der Waals surface area (Å²) in [5, 5.41) is 11.4. The van der Waals surface area contributed by atoms with E-state index in [1.54, 1.807) is 0 Å². The molecule has 1 amide bonds. The summed E-state index contributed by atoms with van der Waals surface area (Å²) >= 11 is 0. The smallest absolute Gasteiger partial charge is 0.272 e. The van der Waals surface area contributed by atoms with Gasteiger partial charge in [-0.05, 0) is 44.0 Å². The molecule has 0 bridgehead atoms. The number of aromatic amines is 1. The maximum atomic E-state index is 12.9. The largest absolute Gasteiger partial charge is 0.337 e. The topological polar surface area (TPSA) is 75.6 Å². The van der Waals surface area contributed by atoms with Crippen molar-refractivity contribution in [2.45, 2.75) is 32.2 Å². The molecule has 1 saturated carbocycles. The van der Waals surface area contributed by atoms with E-state index in [0.717, 1.165) is 34.5 Å². The molecule has 4 aromatic rings. The summed E-state index contributed by atoms with van der Waals surface area (Å²) < 4.78 is 2.03. The lowest BCUT2D eigenvalue weighted by molar-refractivity contribution is 0.101. The number of nitrogens with one attached hydrogen (secondary N) is 2. The van der Waals surface area contributed by atoms with Crippen LogP contribution in [0.3, 0.4) is 0 Å². The van der Waals surface area contributed by atoms with Crippen LogP contribution in [-0.4, -0.2) is 25.7 Å². The zero-order valence-electron chi connectivity index (χ0n) is 15.6. The average Bonchev–Trinajstić information content (AvgIpc) is 3.32. The summed E-state index contributed by atoms with van der Waals surface area (Å²) in [7, 11) is 0. The van der Waals surface area contributed by atoms with Gasteiger partial charge in [0, 0.05) is 34.6 Å². The molecule has 5 rings (SSSR count). The Bertz CT molecular complexity index is 1170. The van der Waals surface area contributed by atoms with Gasteiger partial charge < -0.3 is 9.88 Å². The fourth-order valence-corrected chi connectivity index (χ4v) is 3.61. The molecule has 0 unspecified atom stereocenters. The third-order valence-corrected chi connectivity index (χ3v) is 5.20. The van der Waals surface area contributed by atoms with E-state index in [1.807, 2.05) is 66.1 Å². The fraction of sp³-hybridized carbons (Fsp3) is 0.227. The van der Waals surface area contributed by atoms with E-state index in [0.29, 0.717) is 17.4 Å². The minimum Gasteiger partial charge on any atom is -0.337 e. The van der Waals surface area contributed by atoms with Crippen molar-refractivity contribution in [1.82, 2.24) is 19.7 Å². The predicted octanol–water partition coefficient (Wildman–Crippen LogP) is 4.58. The Morgan fingerprint density at radius 2 is 2.04 bits per heavy atom. The second-order valence-electron chi connectivity index (χ2n) is 7.19. The van der Waals surface area contributed by atoms with Crippen LogP contribution in [0.25, 0.3) is 22.3 Å². The molecule has 2 aromatic carbocycles. The highest BCUT2D eigenvalue weighted by Gasteiger charge is 2.27. The van der Waals surface area contributed by atoms with Crippen LogP contribution >= 0.6 is 0 Å². The van der Waals surface area contributed by atoms with E-state index >= 15 is 0 Å². The minimum atomic E-state index is -0.121. The summed E-state index contributed by atoms with van der Waals surface area (Å²) in [6, 6.07) is 17.6. The normalized spacial score (nSPS) is 13.8. The van der Waals surface area contributed by atoms with E-state index in [-0.39, 0.29) is 5.91 Å². The Labute approximate surface area is 162 Å².